The maximum Gasteiger partial charge on any atom is 0.252 e. The Morgan fingerprint density at radius 3 is 0.517 bits per heavy atom. The van der Waals surface area contributed by atoms with Crippen molar-refractivity contribution in [1.82, 2.24) is 0 Å². The molecule has 0 unspecified atom stereocenters. The van der Waals surface area contributed by atoms with Gasteiger partial charge in [0.05, 0.1) is 7.85 Å². The molecular weight excluding hydrogens is 1400 g/mol. The predicted octanol–water partition coefficient (Wildman–Crippen LogP) is 24.4. The summed E-state index contributed by atoms with van der Waals surface area (Å²) in [5, 5.41) is 0. The second-order valence-electron chi connectivity index (χ2n) is 30.8. The van der Waals surface area contributed by atoms with E-state index in [-0.39, 0.29) is 13.4 Å². The molecule has 22 rings (SSSR count). The first-order chi connectivity index (χ1) is 57.4. The normalized spacial score (nSPS) is 12.7. The zero-order valence-electron chi connectivity index (χ0n) is 63.7. The van der Waals surface area contributed by atoms with Crippen LogP contribution in [0.25, 0.3) is 89.0 Å². The van der Waals surface area contributed by atoms with Crippen molar-refractivity contribution in [2.75, 3.05) is 19.6 Å². The lowest BCUT2D eigenvalue weighted by Gasteiger charge is -2.45. The summed E-state index contributed by atoms with van der Waals surface area (Å²) < 4.78 is 0. The minimum atomic E-state index is -0.698. The Morgan fingerprint density at radius 2 is 0.328 bits per heavy atom. The molecule has 0 saturated heterocycles. The fraction of sp³-hybridized carbons (Fsp3) is 0.00917. The van der Waals surface area contributed by atoms with Gasteiger partial charge in [0, 0.05) is 68.2 Å². The number of benzene rings is 18. The maximum absolute atomic E-state index is 8.65. The fourth-order valence-corrected chi connectivity index (χ4v) is 18.7. The Labute approximate surface area is 680 Å². The second kappa shape index (κ2) is 28.5. The molecule has 4 heterocycles. The summed E-state index contributed by atoms with van der Waals surface area (Å²) in [5.41, 5.74) is 40.6. The van der Waals surface area contributed by atoms with E-state index in [9.17, 15) is 0 Å². The van der Waals surface area contributed by atoms with E-state index in [1.807, 2.05) is 0 Å². The van der Waals surface area contributed by atoms with Gasteiger partial charge < -0.3 is 19.6 Å². The molecule has 0 atom stereocenters. The van der Waals surface area contributed by atoms with Gasteiger partial charge in [0.15, 0.2) is 0 Å². The molecule has 0 amide bonds. The number of nitrogens with zero attached hydrogens (tertiary/aromatic N) is 4. The van der Waals surface area contributed by atoms with Crippen LogP contribution in [0.2, 0.25) is 0 Å². The van der Waals surface area contributed by atoms with E-state index in [0.717, 1.165) is 168 Å². The van der Waals surface area contributed by atoms with Crippen LogP contribution in [0.1, 0.15) is 16.9 Å². The Balaban J connectivity index is 0.817. The van der Waals surface area contributed by atoms with E-state index >= 15 is 0 Å². The summed E-state index contributed by atoms with van der Waals surface area (Å²) in [6, 6.07) is 162. The molecule has 7 heteroatoms. The zero-order valence-corrected chi connectivity index (χ0v) is 63.7. The minimum Gasteiger partial charge on any atom is -0.311 e. The van der Waals surface area contributed by atoms with Crippen molar-refractivity contribution >= 4 is 122 Å². The van der Waals surface area contributed by atoms with Gasteiger partial charge in [-0.25, -0.2) is 0 Å². The molecule has 0 N–H and O–H groups in total. The van der Waals surface area contributed by atoms with Gasteiger partial charge in [-0.05, 0) is 236 Å². The van der Waals surface area contributed by atoms with E-state index in [1.54, 1.807) is 0 Å². The molecule has 0 bridgehead atoms. The lowest BCUT2D eigenvalue weighted by molar-refractivity contribution is 1.11. The van der Waals surface area contributed by atoms with Gasteiger partial charge >= 0.3 is 0 Å². The first kappa shape index (κ1) is 68.2. The summed E-state index contributed by atoms with van der Waals surface area (Å²) in [7, 11) is 8.65. The molecule has 0 saturated carbocycles. The highest BCUT2D eigenvalue weighted by Crippen LogP contribution is 2.51. The van der Waals surface area contributed by atoms with Crippen LogP contribution < -0.4 is 52.4 Å². The monoisotopic (exact) mass is 1470 g/mol. The molecule has 18 aromatic carbocycles. The lowest BCUT2D eigenvalue weighted by Crippen LogP contribution is -2.61. The third-order valence-electron chi connectivity index (χ3n) is 24.3. The molecule has 2 radical (unpaired) electrons. The average molecular weight is 1470 g/mol. The van der Waals surface area contributed by atoms with E-state index in [1.165, 1.54) is 32.8 Å². The topological polar surface area (TPSA) is 13.0 Å². The van der Waals surface area contributed by atoms with Crippen molar-refractivity contribution in [2.24, 2.45) is 0 Å². The number of rotatable bonds is 14. The van der Waals surface area contributed by atoms with Gasteiger partial charge in [0.1, 0.15) is 0 Å². The highest BCUT2D eigenvalue weighted by atomic mass is 15.2. The van der Waals surface area contributed by atoms with Crippen molar-refractivity contribution in [2.45, 2.75) is 5.82 Å². The van der Waals surface area contributed by atoms with E-state index in [0.29, 0.717) is 0 Å². The van der Waals surface area contributed by atoms with Gasteiger partial charge in [-0.3, -0.25) is 0 Å². The average Bonchev–Trinajstić information content (AvgIpc) is 0.697. The summed E-state index contributed by atoms with van der Waals surface area (Å²) in [4.78, 5) is 10.2. The predicted molar refractivity (Wildman–Crippen MR) is 492 cm³/mol. The van der Waals surface area contributed by atoms with Crippen LogP contribution in [-0.2, 0) is 0 Å². The summed E-state index contributed by atoms with van der Waals surface area (Å²) >= 11 is 0. The van der Waals surface area contributed by atoms with Gasteiger partial charge in [0.25, 0.3) is 13.4 Å². The second-order valence-corrected chi connectivity index (χ2v) is 30.8. The molecule has 4 aliphatic rings. The van der Waals surface area contributed by atoms with Crippen molar-refractivity contribution in [1.29, 1.82) is 0 Å². The molecular formula is C109H73B3N4. The van der Waals surface area contributed by atoms with Crippen LogP contribution in [-0.4, -0.2) is 21.3 Å². The molecule has 0 spiro atoms. The van der Waals surface area contributed by atoms with Gasteiger partial charge in [-0.15, -0.1) is 0 Å². The van der Waals surface area contributed by atoms with Crippen LogP contribution in [0.5, 0.6) is 0 Å². The number of hydrogen-bond donors (Lipinski definition) is 0. The summed E-state index contributed by atoms with van der Waals surface area (Å²) in [5.74, 6) is -0.698. The van der Waals surface area contributed by atoms with Crippen LogP contribution in [0.4, 0.5) is 68.2 Å². The van der Waals surface area contributed by atoms with Gasteiger partial charge in [-0.1, -0.05) is 340 Å². The first-order valence-corrected chi connectivity index (χ1v) is 40.2. The molecule has 18 aromatic rings. The fourth-order valence-electron chi connectivity index (χ4n) is 18.7. The summed E-state index contributed by atoms with van der Waals surface area (Å²) in [6.07, 6.45) is 0. The Hall–Kier alpha value is -14.6. The van der Waals surface area contributed by atoms with Crippen LogP contribution in [0.15, 0.2) is 437 Å². The van der Waals surface area contributed by atoms with Gasteiger partial charge in [0.2, 0.25) is 0 Å². The van der Waals surface area contributed by atoms with E-state index < -0.39 is 5.82 Å². The van der Waals surface area contributed by atoms with Crippen LogP contribution in [0, 0.1) is 0 Å². The molecule has 116 heavy (non-hydrogen) atoms. The highest BCUT2D eigenvalue weighted by molar-refractivity contribution is 7.01. The molecule has 4 nitrogen and oxygen atoms in total. The largest absolute Gasteiger partial charge is 0.311 e. The number of hydrogen-bond acceptors (Lipinski definition) is 4. The molecule has 0 fully saturated rings. The lowest BCUT2D eigenvalue weighted by atomic mass is 9.33. The quantitative estimate of drug-likeness (QED) is 0.101. The Bertz CT molecular complexity index is 5930. The molecule has 0 aliphatic carbocycles. The number of fused-ring (bicyclic) bond motifs is 8. The van der Waals surface area contributed by atoms with Crippen molar-refractivity contribution in [3.8, 4) is 89.0 Å². The maximum atomic E-state index is 8.65. The first-order valence-electron chi connectivity index (χ1n) is 40.2. The van der Waals surface area contributed by atoms with Crippen LogP contribution >= 0.6 is 0 Å². The van der Waals surface area contributed by atoms with Gasteiger partial charge in [-0.2, -0.15) is 0 Å². The van der Waals surface area contributed by atoms with E-state index in [2.05, 4.69) is 456 Å². The molecule has 4 aliphatic heterocycles. The van der Waals surface area contributed by atoms with E-state index in [4.69, 9.17) is 7.85 Å². The zero-order chi connectivity index (χ0) is 76.7. The standard InChI is InChI=1S/C109H73B3N4/c110-107(89-69-103-108-104(70-89)114(92-55-43-82(44-56-92)74-27-11-2-12-28-74)100-62-50-86(78-35-19-6-20-36-78)66-96(100)111(108)95-65-85(77-33-17-5-18-34-77)49-61-99(95)113(103)91-53-41-81(42-54-91)73-25-9-1-10-26-73)90-71-105-109-106(72-90)116(94-59-47-84(48-60-94)76-31-15-4-16-32-76)102-64-52-88(80-39-23-8-24-40-80)68-98(102)112(109)97-67-87(79-37-21-7-22-38-79)51-63-101(97)115(105)93-57-45-83(46-58-93)75-29-13-3-14-30-75/h1-72,107H. The third kappa shape index (κ3) is 11.8. The van der Waals surface area contributed by atoms with Crippen molar-refractivity contribution in [3.05, 3.63) is 448 Å². The third-order valence-corrected chi connectivity index (χ3v) is 24.3. The minimum absolute atomic E-state index is 0.221. The van der Waals surface area contributed by atoms with Crippen LogP contribution in [0.3, 0.4) is 0 Å². The SMILES string of the molecule is [B]C(c1cc2c3c(c1)N(c1ccc(-c4ccccc4)cc1)c1ccc(-c4ccccc4)cc1B3c1cc(-c3ccccc3)ccc1N2c1ccc(-c2ccccc2)cc1)c1cc2c3c(c1)N(c1ccc(-c4ccccc4)cc1)c1ccc(-c4ccccc4)cc1B3c1cc(-c3ccccc3)ccc1N2c1ccc(-c2ccccc2)cc1. The molecule has 538 valence electrons. The van der Waals surface area contributed by atoms with Crippen molar-refractivity contribution in [3.63, 3.8) is 0 Å². The molecule has 0 aromatic heterocycles. The number of anilines is 12. The van der Waals surface area contributed by atoms with Crippen molar-refractivity contribution < 1.29 is 0 Å². The smallest absolute Gasteiger partial charge is 0.252 e. The highest BCUT2D eigenvalue weighted by Gasteiger charge is 2.47. The Morgan fingerprint density at radius 1 is 0.164 bits per heavy atom. The Kier molecular flexibility index (Phi) is 16.8. The summed E-state index contributed by atoms with van der Waals surface area (Å²) in [6.45, 7) is -0.443.